The van der Waals surface area contributed by atoms with Crippen LogP contribution in [0, 0.1) is 19.3 Å². The van der Waals surface area contributed by atoms with Crippen molar-refractivity contribution in [3.8, 4) is 0 Å². The standard InChI is InChI=1S/C43H63N7O12/c1-30(2)48-38-25-34(24-35(36(38)26-44)42(55)47-27-37-31(3)23-32(4)49-43(37)56)33-5-10-50(11-6-33)41(54)29-62-22-20-60-19-21-61-28-40(53)46-9-14-58-16-18-59-17-15-57-13-7-39(52)45-8-12-51/h5,12,23-26,30,44,48H,6-11,13-22,27-29H2,1-4H3,(H,45,52)(H,46,53)(H,47,55)(H,49,56). The molecule has 1 aliphatic heterocycles. The first-order valence-electron chi connectivity index (χ1n) is 20.8. The summed E-state index contributed by atoms with van der Waals surface area (Å²) in [5.41, 5.74) is 4.88. The maximum Gasteiger partial charge on any atom is 0.253 e. The fourth-order valence-corrected chi connectivity index (χ4v) is 6.15. The highest BCUT2D eigenvalue weighted by Crippen LogP contribution is 2.30. The number of anilines is 1. The number of carbonyl (C=O) groups excluding carboxylic acids is 5. The number of aromatic nitrogens is 1. The molecule has 0 radical (unpaired) electrons. The molecule has 4 amide bonds. The highest BCUT2D eigenvalue weighted by atomic mass is 16.6. The zero-order valence-electron chi connectivity index (χ0n) is 36.3. The number of hydrogen-bond donors (Lipinski definition) is 6. The Balaban J connectivity index is 1.27. The number of aromatic amines is 1. The van der Waals surface area contributed by atoms with Crippen molar-refractivity contribution < 1.29 is 52.4 Å². The number of benzene rings is 1. The van der Waals surface area contributed by atoms with Crippen LogP contribution < -0.4 is 26.8 Å². The molecule has 6 N–H and O–H groups in total. The number of aryl methyl sites for hydroxylation is 2. The summed E-state index contributed by atoms with van der Waals surface area (Å²) in [6.45, 7) is 11.4. The Morgan fingerprint density at radius 1 is 0.823 bits per heavy atom. The first-order chi connectivity index (χ1) is 29.9. The monoisotopic (exact) mass is 869 g/mol. The van der Waals surface area contributed by atoms with E-state index in [0.717, 1.165) is 28.6 Å². The highest BCUT2D eigenvalue weighted by molar-refractivity contribution is 6.06. The van der Waals surface area contributed by atoms with Gasteiger partial charge in [-0.15, -0.1) is 0 Å². The molecule has 0 spiro atoms. The van der Waals surface area contributed by atoms with Crippen LogP contribution in [-0.4, -0.2) is 158 Å². The van der Waals surface area contributed by atoms with Gasteiger partial charge in [0.2, 0.25) is 17.7 Å². The van der Waals surface area contributed by atoms with Crippen molar-refractivity contribution in [3.63, 3.8) is 0 Å². The van der Waals surface area contributed by atoms with Gasteiger partial charge in [0, 0.05) is 67.4 Å². The van der Waals surface area contributed by atoms with Crippen LogP contribution in [0.15, 0.2) is 29.1 Å². The van der Waals surface area contributed by atoms with E-state index in [-0.39, 0.29) is 95.1 Å². The van der Waals surface area contributed by atoms with Gasteiger partial charge in [-0.1, -0.05) is 6.08 Å². The first-order valence-corrected chi connectivity index (χ1v) is 20.8. The Labute approximate surface area is 362 Å². The molecule has 19 nitrogen and oxygen atoms in total. The fraction of sp³-hybridized carbons (Fsp3) is 0.558. The predicted molar refractivity (Wildman–Crippen MR) is 232 cm³/mol. The van der Waals surface area contributed by atoms with Crippen molar-refractivity contribution in [1.82, 2.24) is 25.8 Å². The summed E-state index contributed by atoms with van der Waals surface area (Å²) in [6.07, 6.45) is 4.45. The van der Waals surface area contributed by atoms with E-state index in [1.807, 2.05) is 39.0 Å². The van der Waals surface area contributed by atoms with Gasteiger partial charge < -0.3 is 69.8 Å². The SMILES string of the molecule is Cc1cc(C)c(CNC(=O)c2cc(C3=CCN(C(=O)COCCOCCOCC(=O)NCCOCCOCCOCCC(=O)NCC=O)CC3)cc(NC(C)C)c2C=N)c(=O)[nH]1. The van der Waals surface area contributed by atoms with Gasteiger partial charge in [0.05, 0.1) is 78.2 Å². The molecule has 19 heteroatoms. The first kappa shape index (κ1) is 51.0. The van der Waals surface area contributed by atoms with Crippen molar-refractivity contribution in [1.29, 1.82) is 5.41 Å². The molecule has 1 aromatic heterocycles. The zero-order valence-corrected chi connectivity index (χ0v) is 36.3. The highest BCUT2D eigenvalue weighted by Gasteiger charge is 2.22. The van der Waals surface area contributed by atoms with Gasteiger partial charge in [0.1, 0.15) is 19.5 Å². The summed E-state index contributed by atoms with van der Waals surface area (Å²) in [6, 6.07) is 5.57. The number of rotatable bonds is 31. The lowest BCUT2D eigenvalue weighted by Crippen LogP contribution is -2.37. The average Bonchev–Trinajstić information content (AvgIpc) is 3.24. The molecule has 1 aromatic carbocycles. The van der Waals surface area contributed by atoms with E-state index in [0.29, 0.717) is 87.8 Å². The van der Waals surface area contributed by atoms with E-state index < -0.39 is 5.91 Å². The van der Waals surface area contributed by atoms with Crippen molar-refractivity contribution in [3.05, 3.63) is 68.1 Å². The molecule has 0 atom stereocenters. The Morgan fingerprint density at radius 2 is 1.47 bits per heavy atom. The average molecular weight is 870 g/mol. The van der Waals surface area contributed by atoms with Gasteiger partial charge in [0.25, 0.3) is 11.5 Å². The van der Waals surface area contributed by atoms with E-state index in [1.165, 1.54) is 0 Å². The van der Waals surface area contributed by atoms with Gasteiger partial charge in [-0.2, -0.15) is 0 Å². The summed E-state index contributed by atoms with van der Waals surface area (Å²) in [7, 11) is 0. The molecule has 1 aliphatic rings. The third-order valence-electron chi connectivity index (χ3n) is 9.24. The number of amides is 4. The lowest BCUT2D eigenvalue weighted by atomic mass is 9.93. The predicted octanol–water partition coefficient (Wildman–Crippen LogP) is 1.28. The van der Waals surface area contributed by atoms with Crippen LogP contribution in [-0.2, 0) is 54.1 Å². The van der Waals surface area contributed by atoms with E-state index in [1.54, 1.807) is 17.9 Å². The Bertz CT molecular complexity index is 1870. The number of carbonyl (C=O) groups is 5. The minimum Gasteiger partial charge on any atom is -0.382 e. The molecule has 0 saturated carbocycles. The van der Waals surface area contributed by atoms with Gasteiger partial charge in [-0.3, -0.25) is 24.0 Å². The third kappa shape index (κ3) is 19.2. The number of nitrogens with zero attached hydrogens (tertiary/aromatic N) is 1. The number of pyridine rings is 1. The van der Waals surface area contributed by atoms with Crippen LogP contribution in [0.2, 0.25) is 0 Å². The van der Waals surface area contributed by atoms with Gasteiger partial charge >= 0.3 is 0 Å². The molecule has 0 aliphatic carbocycles. The van der Waals surface area contributed by atoms with Crippen LogP contribution in [0.5, 0.6) is 0 Å². The molecule has 3 rings (SSSR count). The Hall–Kier alpha value is -5.31. The molecular weight excluding hydrogens is 807 g/mol. The molecule has 2 aromatic rings. The van der Waals surface area contributed by atoms with Crippen LogP contribution in [0.4, 0.5) is 5.69 Å². The normalized spacial score (nSPS) is 12.5. The van der Waals surface area contributed by atoms with Crippen LogP contribution in [0.25, 0.3) is 5.57 Å². The van der Waals surface area contributed by atoms with Crippen molar-refractivity contribution >= 4 is 47.4 Å². The van der Waals surface area contributed by atoms with Crippen LogP contribution in [0.3, 0.4) is 0 Å². The quantitative estimate of drug-likeness (QED) is 0.0356. The van der Waals surface area contributed by atoms with Crippen LogP contribution in [0.1, 0.15) is 65.0 Å². The minimum absolute atomic E-state index is 0.00742. The van der Waals surface area contributed by atoms with E-state index in [2.05, 4.69) is 26.3 Å². The molecule has 342 valence electrons. The third-order valence-corrected chi connectivity index (χ3v) is 9.24. The molecule has 0 saturated heterocycles. The lowest BCUT2D eigenvalue weighted by Gasteiger charge is -2.27. The van der Waals surface area contributed by atoms with Crippen molar-refractivity contribution in [2.24, 2.45) is 0 Å². The largest absolute Gasteiger partial charge is 0.382 e. The summed E-state index contributed by atoms with van der Waals surface area (Å²) >= 11 is 0. The summed E-state index contributed by atoms with van der Waals surface area (Å²) < 4.78 is 32.4. The summed E-state index contributed by atoms with van der Waals surface area (Å²) in [5, 5.41) is 19.5. The zero-order chi connectivity index (χ0) is 45.1. The second-order valence-electron chi connectivity index (χ2n) is 14.5. The van der Waals surface area contributed by atoms with Gasteiger partial charge in [0.15, 0.2) is 0 Å². The number of hydrogen-bond acceptors (Lipinski definition) is 14. The maximum atomic E-state index is 13.6. The Morgan fingerprint density at radius 3 is 2.08 bits per heavy atom. The summed E-state index contributed by atoms with van der Waals surface area (Å²) in [4.78, 5) is 77.0. The van der Waals surface area contributed by atoms with Gasteiger partial charge in [-0.25, -0.2) is 0 Å². The number of ether oxygens (including phenoxy) is 6. The maximum absolute atomic E-state index is 13.6. The number of nitrogens with one attached hydrogen (secondary N) is 6. The number of H-pyrrole nitrogens is 1. The molecule has 0 bridgehead atoms. The topological polar surface area (TPSA) is 249 Å². The van der Waals surface area contributed by atoms with Crippen LogP contribution >= 0.6 is 0 Å². The van der Waals surface area contributed by atoms with E-state index >= 15 is 0 Å². The second kappa shape index (κ2) is 29.1. The van der Waals surface area contributed by atoms with Crippen molar-refractivity contribution in [2.75, 3.05) is 111 Å². The van der Waals surface area contributed by atoms with Crippen molar-refractivity contribution in [2.45, 2.75) is 53.1 Å². The molecular formula is C43H63N7O12. The van der Waals surface area contributed by atoms with Gasteiger partial charge in [-0.05, 0) is 69.0 Å². The van der Waals surface area contributed by atoms with E-state index in [4.69, 9.17) is 33.8 Å². The lowest BCUT2D eigenvalue weighted by molar-refractivity contribution is -0.136. The fourth-order valence-electron chi connectivity index (χ4n) is 6.15. The Kier molecular flexibility index (Phi) is 23.9. The molecule has 0 fully saturated rings. The molecule has 0 unspecified atom stereocenters. The molecule has 62 heavy (non-hydrogen) atoms. The molecule has 2 heterocycles. The summed E-state index contributed by atoms with van der Waals surface area (Å²) in [5.74, 6) is -1.10. The number of aldehydes is 1. The van der Waals surface area contributed by atoms with E-state index in [9.17, 15) is 28.8 Å². The second-order valence-corrected chi connectivity index (χ2v) is 14.5. The minimum atomic E-state index is -0.407. The smallest absolute Gasteiger partial charge is 0.253 e.